The van der Waals surface area contributed by atoms with Crippen molar-refractivity contribution in [2.24, 2.45) is 5.84 Å². The monoisotopic (exact) mass is 267 g/mol. The lowest BCUT2D eigenvalue weighted by Crippen LogP contribution is -2.33. The van der Waals surface area contributed by atoms with Crippen molar-refractivity contribution in [3.05, 3.63) is 11.9 Å². The standard InChI is InChI=1S/C13H25N5O/c1-5-10(4)18(6-2)13-8-11(17-14)15-12(16-13)9-19-7-3/h8,10H,5-7,9,14H2,1-4H3,(H,15,16,17). The molecule has 1 atom stereocenters. The van der Waals surface area contributed by atoms with Gasteiger partial charge in [0.1, 0.15) is 18.2 Å². The highest BCUT2D eigenvalue weighted by Crippen LogP contribution is 2.19. The minimum atomic E-state index is 0.400. The van der Waals surface area contributed by atoms with E-state index in [4.69, 9.17) is 10.6 Å². The fourth-order valence-corrected chi connectivity index (χ4v) is 1.88. The maximum Gasteiger partial charge on any atom is 0.158 e. The summed E-state index contributed by atoms with van der Waals surface area (Å²) in [6, 6.07) is 2.29. The molecule has 6 heteroatoms. The molecule has 6 nitrogen and oxygen atoms in total. The Morgan fingerprint density at radius 1 is 1.37 bits per heavy atom. The quantitative estimate of drug-likeness (QED) is 0.553. The molecule has 0 saturated carbocycles. The molecule has 0 bridgehead atoms. The van der Waals surface area contributed by atoms with Crippen LogP contribution in [0.5, 0.6) is 0 Å². The molecule has 0 aliphatic carbocycles. The van der Waals surface area contributed by atoms with Crippen molar-refractivity contribution in [3.8, 4) is 0 Å². The Balaban J connectivity index is 3.03. The Labute approximate surface area is 115 Å². The van der Waals surface area contributed by atoms with Gasteiger partial charge in [-0.25, -0.2) is 15.8 Å². The van der Waals surface area contributed by atoms with E-state index >= 15 is 0 Å². The molecule has 0 aliphatic rings. The van der Waals surface area contributed by atoms with Gasteiger partial charge in [0, 0.05) is 25.3 Å². The van der Waals surface area contributed by atoms with Crippen LogP contribution in [-0.4, -0.2) is 29.2 Å². The molecule has 0 saturated heterocycles. The smallest absolute Gasteiger partial charge is 0.158 e. The average molecular weight is 267 g/mol. The summed E-state index contributed by atoms with van der Waals surface area (Å²) >= 11 is 0. The molecule has 1 heterocycles. The third-order valence-corrected chi connectivity index (χ3v) is 3.10. The van der Waals surface area contributed by atoms with Crippen LogP contribution in [0.2, 0.25) is 0 Å². The number of hydrogen-bond donors (Lipinski definition) is 2. The number of nitrogens with zero attached hydrogens (tertiary/aromatic N) is 3. The first-order valence-corrected chi connectivity index (χ1v) is 6.85. The van der Waals surface area contributed by atoms with Gasteiger partial charge in [-0.3, -0.25) is 0 Å². The van der Waals surface area contributed by atoms with Gasteiger partial charge in [0.2, 0.25) is 0 Å². The number of aromatic nitrogens is 2. The average Bonchev–Trinajstić information content (AvgIpc) is 2.45. The van der Waals surface area contributed by atoms with Crippen LogP contribution in [0.15, 0.2) is 6.07 Å². The molecule has 0 fully saturated rings. The zero-order chi connectivity index (χ0) is 14.3. The predicted octanol–water partition coefficient (Wildman–Crippen LogP) is 1.92. The van der Waals surface area contributed by atoms with Crippen molar-refractivity contribution < 1.29 is 4.74 Å². The van der Waals surface area contributed by atoms with E-state index in [2.05, 4.69) is 41.1 Å². The zero-order valence-electron chi connectivity index (χ0n) is 12.3. The van der Waals surface area contributed by atoms with Gasteiger partial charge in [0.15, 0.2) is 5.82 Å². The summed E-state index contributed by atoms with van der Waals surface area (Å²) < 4.78 is 5.36. The number of nitrogens with two attached hydrogens (primary N) is 1. The maximum absolute atomic E-state index is 5.47. The predicted molar refractivity (Wildman–Crippen MR) is 77.9 cm³/mol. The summed E-state index contributed by atoms with van der Waals surface area (Å²) in [5, 5.41) is 0. The number of rotatable bonds is 8. The number of nitrogen functional groups attached to an aromatic ring is 1. The van der Waals surface area contributed by atoms with Crippen molar-refractivity contribution in [1.82, 2.24) is 9.97 Å². The Hall–Kier alpha value is -1.40. The van der Waals surface area contributed by atoms with E-state index < -0.39 is 0 Å². The molecule has 0 aromatic carbocycles. The number of hydrogen-bond acceptors (Lipinski definition) is 6. The number of hydrazine groups is 1. The maximum atomic E-state index is 5.47. The molecule has 1 aromatic rings. The van der Waals surface area contributed by atoms with Crippen molar-refractivity contribution in [2.75, 3.05) is 23.5 Å². The van der Waals surface area contributed by atoms with Crippen LogP contribution >= 0.6 is 0 Å². The van der Waals surface area contributed by atoms with Crippen LogP contribution in [0.1, 0.15) is 39.9 Å². The topological polar surface area (TPSA) is 76.3 Å². The Morgan fingerprint density at radius 3 is 2.63 bits per heavy atom. The van der Waals surface area contributed by atoms with Gasteiger partial charge in [0.05, 0.1) is 0 Å². The largest absolute Gasteiger partial charge is 0.374 e. The van der Waals surface area contributed by atoms with Crippen LogP contribution in [0, 0.1) is 0 Å². The van der Waals surface area contributed by atoms with Crippen LogP contribution in [-0.2, 0) is 11.3 Å². The summed E-state index contributed by atoms with van der Waals surface area (Å²) in [7, 11) is 0. The molecule has 1 unspecified atom stereocenters. The second-order valence-electron chi connectivity index (χ2n) is 4.35. The molecule has 19 heavy (non-hydrogen) atoms. The Morgan fingerprint density at radius 2 is 2.11 bits per heavy atom. The van der Waals surface area contributed by atoms with Crippen molar-refractivity contribution in [1.29, 1.82) is 0 Å². The van der Waals surface area contributed by atoms with Gasteiger partial charge in [-0.1, -0.05) is 6.92 Å². The van der Waals surface area contributed by atoms with E-state index in [-0.39, 0.29) is 0 Å². The van der Waals surface area contributed by atoms with Gasteiger partial charge in [-0.2, -0.15) is 0 Å². The molecule has 3 N–H and O–H groups in total. The molecule has 1 aromatic heterocycles. The normalized spacial score (nSPS) is 12.3. The molecule has 0 amide bonds. The lowest BCUT2D eigenvalue weighted by atomic mass is 10.2. The minimum absolute atomic E-state index is 0.400. The molecule has 1 rings (SSSR count). The van der Waals surface area contributed by atoms with E-state index in [0.717, 1.165) is 18.8 Å². The van der Waals surface area contributed by atoms with Crippen molar-refractivity contribution in [3.63, 3.8) is 0 Å². The van der Waals surface area contributed by atoms with Crippen LogP contribution in [0.25, 0.3) is 0 Å². The first-order valence-electron chi connectivity index (χ1n) is 6.85. The Bertz CT molecular complexity index is 385. The van der Waals surface area contributed by atoms with E-state index in [1.54, 1.807) is 0 Å². The fourth-order valence-electron chi connectivity index (χ4n) is 1.88. The third kappa shape index (κ3) is 4.33. The molecule has 0 radical (unpaired) electrons. The fraction of sp³-hybridized carbons (Fsp3) is 0.692. The molecule has 108 valence electrons. The lowest BCUT2D eigenvalue weighted by molar-refractivity contribution is 0.128. The molecular formula is C13H25N5O. The highest BCUT2D eigenvalue weighted by atomic mass is 16.5. The van der Waals surface area contributed by atoms with Crippen LogP contribution in [0.3, 0.4) is 0 Å². The Kier molecular flexibility index (Phi) is 6.52. The number of ether oxygens (including phenoxy) is 1. The van der Waals surface area contributed by atoms with Crippen LogP contribution in [0.4, 0.5) is 11.6 Å². The molecule has 0 spiro atoms. The van der Waals surface area contributed by atoms with Gasteiger partial charge >= 0.3 is 0 Å². The summed E-state index contributed by atoms with van der Waals surface area (Å²) in [5.41, 5.74) is 2.59. The summed E-state index contributed by atoms with van der Waals surface area (Å²) in [5.74, 6) is 7.61. The first-order chi connectivity index (χ1) is 9.15. The van der Waals surface area contributed by atoms with E-state index in [1.807, 2.05) is 13.0 Å². The third-order valence-electron chi connectivity index (χ3n) is 3.10. The summed E-state index contributed by atoms with van der Waals surface area (Å²) in [6.07, 6.45) is 1.06. The summed E-state index contributed by atoms with van der Waals surface area (Å²) in [6.45, 7) is 10.3. The lowest BCUT2D eigenvalue weighted by Gasteiger charge is -2.28. The van der Waals surface area contributed by atoms with Gasteiger partial charge in [-0.15, -0.1) is 0 Å². The van der Waals surface area contributed by atoms with E-state index in [0.29, 0.717) is 30.9 Å². The van der Waals surface area contributed by atoms with Crippen LogP contribution < -0.4 is 16.2 Å². The minimum Gasteiger partial charge on any atom is -0.374 e. The van der Waals surface area contributed by atoms with E-state index in [1.165, 1.54) is 0 Å². The zero-order valence-corrected chi connectivity index (χ0v) is 12.3. The first kappa shape index (κ1) is 15.7. The summed E-state index contributed by atoms with van der Waals surface area (Å²) in [4.78, 5) is 11.1. The van der Waals surface area contributed by atoms with Crippen molar-refractivity contribution in [2.45, 2.75) is 46.8 Å². The molecular weight excluding hydrogens is 242 g/mol. The van der Waals surface area contributed by atoms with Gasteiger partial charge in [-0.05, 0) is 27.2 Å². The number of nitrogens with one attached hydrogen (secondary N) is 1. The van der Waals surface area contributed by atoms with E-state index in [9.17, 15) is 0 Å². The second kappa shape index (κ2) is 7.91. The highest BCUT2D eigenvalue weighted by molar-refractivity contribution is 5.49. The number of anilines is 2. The molecule has 0 aliphatic heterocycles. The van der Waals surface area contributed by atoms with Gasteiger partial charge < -0.3 is 15.1 Å². The SMILES string of the molecule is CCOCc1nc(NN)cc(N(CC)C(C)CC)n1. The van der Waals surface area contributed by atoms with Gasteiger partial charge in [0.25, 0.3) is 0 Å². The highest BCUT2D eigenvalue weighted by Gasteiger charge is 2.14. The second-order valence-corrected chi connectivity index (χ2v) is 4.35. The van der Waals surface area contributed by atoms with Crippen molar-refractivity contribution >= 4 is 11.6 Å².